The average molecular weight is 386 g/mol. The van der Waals surface area contributed by atoms with Gasteiger partial charge in [0.1, 0.15) is 11.5 Å². The molecule has 3 N–H and O–H groups in total. The van der Waals surface area contributed by atoms with Crippen molar-refractivity contribution in [2.75, 3.05) is 23.1 Å². The van der Waals surface area contributed by atoms with Crippen LogP contribution in [0.3, 0.4) is 0 Å². The number of aromatic amines is 1. The Bertz CT molecular complexity index is 894. The third-order valence-electron chi connectivity index (χ3n) is 3.16. The van der Waals surface area contributed by atoms with Gasteiger partial charge in [-0.3, -0.25) is 4.79 Å². The molecule has 27 heavy (non-hydrogen) atoms. The predicted molar refractivity (Wildman–Crippen MR) is 103 cm³/mol. The van der Waals surface area contributed by atoms with Crippen molar-refractivity contribution >= 4 is 35.5 Å². The molecule has 3 aromatic rings. The van der Waals surface area contributed by atoms with Crippen molar-refractivity contribution in [2.24, 2.45) is 5.10 Å². The second-order valence-corrected chi connectivity index (χ2v) is 6.06. The number of benzene rings is 1. The number of anilines is 2. The normalized spacial score (nSPS) is 10.9. The lowest BCUT2D eigenvalue weighted by Gasteiger charge is -2.10. The molecule has 0 spiro atoms. The maximum absolute atomic E-state index is 12.1. The van der Waals surface area contributed by atoms with E-state index in [4.69, 9.17) is 9.15 Å². The first-order valence-electron chi connectivity index (χ1n) is 8.14. The number of hydrogen-bond donors (Lipinski definition) is 3. The van der Waals surface area contributed by atoms with Crippen LogP contribution in [0.4, 0.5) is 11.6 Å². The molecule has 0 aliphatic heterocycles. The molecule has 2 heterocycles. The van der Waals surface area contributed by atoms with Crippen LogP contribution in [-0.2, 0) is 4.79 Å². The van der Waals surface area contributed by atoms with E-state index in [-0.39, 0.29) is 11.7 Å². The zero-order valence-electron chi connectivity index (χ0n) is 14.5. The number of H-pyrrole nitrogens is 1. The van der Waals surface area contributed by atoms with Crippen LogP contribution >= 0.6 is 11.8 Å². The molecule has 10 heteroatoms. The Labute approximate surface area is 159 Å². The number of furan rings is 1. The van der Waals surface area contributed by atoms with Gasteiger partial charge in [-0.05, 0) is 31.2 Å². The number of thioether (sulfide) groups is 1. The standard InChI is InChI=1S/C17H18N6O3S/c1-2-25-14-8-4-3-7-13(14)19-15(24)11-27-17-20-16(22-23-17)21-18-10-12-6-5-9-26-12/h3-10H,2,11H2,1H3,(H,19,24)(H2,20,21,22,23)/b18-10-. The largest absolute Gasteiger partial charge is 0.492 e. The summed E-state index contributed by atoms with van der Waals surface area (Å²) in [6, 6.07) is 10.8. The summed E-state index contributed by atoms with van der Waals surface area (Å²) in [6.07, 6.45) is 3.07. The van der Waals surface area contributed by atoms with E-state index in [1.165, 1.54) is 18.0 Å². The Hall–Kier alpha value is -3.27. The summed E-state index contributed by atoms with van der Waals surface area (Å²) in [4.78, 5) is 16.3. The highest BCUT2D eigenvalue weighted by Crippen LogP contribution is 2.24. The minimum absolute atomic E-state index is 0.160. The van der Waals surface area contributed by atoms with Crippen molar-refractivity contribution < 1.29 is 13.9 Å². The molecule has 0 saturated heterocycles. The fourth-order valence-corrected chi connectivity index (χ4v) is 2.65. The minimum atomic E-state index is -0.178. The van der Waals surface area contributed by atoms with E-state index in [9.17, 15) is 4.79 Å². The van der Waals surface area contributed by atoms with Gasteiger partial charge < -0.3 is 14.5 Å². The lowest BCUT2D eigenvalue weighted by atomic mass is 10.3. The minimum Gasteiger partial charge on any atom is -0.492 e. The van der Waals surface area contributed by atoms with Crippen molar-refractivity contribution in [1.29, 1.82) is 0 Å². The molecule has 1 amide bonds. The number of ether oxygens (including phenoxy) is 1. The molecule has 0 aliphatic rings. The number of hydrazone groups is 1. The van der Waals surface area contributed by atoms with Crippen LogP contribution in [-0.4, -0.2) is 39.7 Å². The van der Waals surface area contributed by atoms with Gasteiger partial charge in [-0.2, -0.15) is 10.1 Å². The maximum atomic E-state index is 12.1. The van der Waals surface area contributed by atoms with Crippen LogP contribution < -0.4 is 15.5 Å². The van der Waals surface area contributed by atoms with E-state index < -0.39 is 0 Å². The highest BCUT2D eigenvalue weighted by molar-refractivity contribution is 7.99. The molecule has 0 fully saturated rings. The van der Waals surface area contributed by atoms with Crippen LogP contribution in [0.2, 0.25) is 0 Å². The zero-order valence-corrected chi connectivity index (χ0v) is 15.3. The van der Waals surface area contributed by atoms with Gasteiger partial charge in [0, 0.05) is 0 Å². The van der Waals surface area contributed by atoms with Gasteiger partial charge >= 0.3 is 0 Å². The predicted octanol–water partition coefficient (Wildman–Crippen LogP) is 2.97. The molecule has 9 nitrogen and oxygen atoms in total. The van der Waals surface area contributed by atoms with Crippen molar-refractivity contribution in [2.45, 2.75) is 12.1 Å². The van der Waals surface area contributed by atoms with Gasteiger partial charge in [-0.15, -0.1) is 5.10 Å². The molecule has 140 valence electrons. The van der Waals surface area contributed by atoms with Gasteiger partial charge in [-0.1, -0.05) is 23.9 Å². The van der Waals surface area contributed by atoms with E-state index in [1.807, 2.05) is 25.1 Å². The third-order valence-corrected chi connectivity index (χ3v) is 4.01. The van der Waals surface area contributed by atoms with Crippen molar-refractivity contribution in [3.63, 3.8) is 0 Å². The Morgan fingerprint density at radius 3 is 3.07 bits per heavy atom. The number of nitrogens with zero attached hydrogens (tertiary/aromatic N) is 3. The first-order valence-corrected chi connectivity index (χ1v) is 9.12. The number of carbonyl (C=O) groups is 1. The van der Waals surface area contributed by atoms with Crippen LogP contribution in [0, 0.1) is 0 Å². The molecule has 0 atom stereocenters. The maximum Gasteiger partial charge on any atom is 0.240 e. The fraction of sp³-hybridized carbons (Fsp3) is 0.176. The van der Waals surface area contributed by atoms with E-state index >= 15 is 0 Å². The van der Waals surface area contributed by atoms with Gasteiger partial charge in [0.25, 0.3) is 0 Å². The second-order valence-electron chi connectivity index (χ2n) is 5.12. The summed E-state index contributed by atoms with van der Waals surface area (Å²) in [5, 5.41) is 13.9. The Balaban J connectivity index is 1.47. The van der Waals surface area contributed by atoms with Crippen LogP contribution in [0.25, 0.3) is 0 Å². The second kappa shape index (κ2) is 9.43. The summed E-state index contributed by atoms with van der Waals surface area (Å²) in [6.45, 7) is 2.42. The van der Waals surface area contributed by atoms with Gasteiger partial charge in [0.2, 0.25) is 17.0 Å². The summed E-state index contributed by atoms with van der Waals surface area (Å²) in [5.74, 6) is 1.59. The molecule has 0 saturated carbocycles. The topological polar surface area (TPSA) is 117 Å². The molecular weight excluding hydrogens is 368 g/mol. The summed E-state index contributed by atoms with van der Waals surface area (Å²) < 4.78 is 10.6. The lowest BCUT2D eigenvalue weighted by molar-refractivity contribution is -0.113. The quantitative estimate of drug-likeness (QED) is 0.294. The Kier molecular flexibility index (Phi) is 6.47. The molecule has 0 unspecified atom stereocenters. The van der Waals surface area contributed by atoms with Crippen molar-refractivity contribution in [3.8, 4) is 5.75 Å². The first-order chi connectivity index (χ1) is 13.2. The smallest absolute Gasteiger partial charge is 0.240 e. The Morgan fingerprint density at radius 2 is 2.26 bits per heavy atom. The molecule has 0 radical (unpaired) electrons. The highest BCUT2D eigenvalue weighted by atomic mass is 32.2. The van der Waals surface area contributed by atoms with Gasteiger partial charge in [0.05, 0.1) is 30.5 Å². The van der Waals surface area contributed by atoms with Crippen molar-refractivity contribution in [1.82, 2.24) is 15.2 Å². The van der Waals surface area contributed by atoms with E-state index in [0.29, 0.717) is 34.9 Å². The monoisotopic (exact) mass is 386 g/mol. The summed E-state index contributed by atoms with van der Waals surface area (Å²) in [7, 11) is 0. The first kappa shape index (κ1) is 18.5. The van der Waals surface area contributed by atoms with Crippen molar-refractivity contribution in [3.05, 3.63) is 48.4 Å². The number of carbonyl (C=O) groups excluding carboxylic acids is 1. The number of hydrogen-bond acceptors (Lipinski definition) is 8. The van der Waals surface area contributed by atoms with E-state index in [2.05, 4.69) is 31.0 Å². The lowest BCUT2D eigenvalue weighted by Crippen LogP contribution is -2.15. The summed E-state index contributed by atoms with van der Waals surface area (Å²) >= 11 is 1.20. The number of amides is 1. The van der Waals surface area contributed by atoms with Gasteiger partial charge in [-0.25, -0.2) is 10.5 Å². The fourth-order valence-electron chi connectivity index (χ4n) is 2.05. The number of aromatic nitrogens is 3. The van der Waals surface area contributed by atoms with Crippen LogP contribution in [0.1, 0.15) is 12.7 Å². The van der Waals surface area contributed by atoms with Crippen LogP contribution in [0.15, 0.2) is 57.3 Å². The average Bonchev–Trinajstić information content (AvgIpc) is 3.34. The molecule has 0 bridgehead atoms. The SMILES string of the molecule is CCOc1ccccc1NC(=O)CSc1n[nH]c(N/N=C\c2ccco2)n1. The Morgan fingerprint density at radius 1 is 1.37 bits per heavy atom. The highest BCUT2D eigenvalue weighted by Gasteiger charge is 2.10. The third kappa shape index (κ3) is 5.61. The number of rotatable bonds is 9. The van der Waals surface area contributed by atoms with E-state index in [1.54, 1.807) is 24.5 Å². The summed E-state index contributed by atoms with van der Waals surface area (Å²) in [5.41, 5.74) is 3.34. The molecule has 2 aromatic heterocycles. The van der Waals surface area contributed by atoms with Crippen LogP contribution in [0.5, 0.6) is 5.75 Å². The van der Waals surface area contributed by atoms with Gasteiger partial charge in [0.15, 0.2) is 0 Å². The number of nitrogens with one attached hydrogen (secondary N) is 3. The van der Waals surface area contributed by atoms with E-state index in [0.717, 1.165) is 0 Å². The molecule has 0 aliphatic carbocycles. The molecule has 3 rings (SSSR count). The molecule has 1 aromatic carbocycles. The number of para-hydroxylation sites is 2. The molecular formula is C17H18N6O3S. The zero-order chi connectivity index (χ0) is 18.9.